The Labute approximate surface area is 126 Å². The van der Waals surface area contributed by atoms with Gasteiger partial charge in [0, 0.05) is 18.3 Å². The van der Waals surface area contributed by atoms with Crippen LogP contribution in [0.2, 0.25) is 0 Å². The monoisotopic (exact) mass is 336 g/mol. The summed E-state index contributed by atoms with van der Waals surface area (Å²) in [5, 5.41) is 10.4. The second-order valence-electron chi connectivity index (χ2n) is 4.66. The van der Waals surface area contributed by atoms with E-state index in [1.807, 2.05) is 0 Å². The quantitative estimate of drug-likeness (QED) is 0.863. The van der Waals surface area contributed by atoms with Crippen LogP contribution >= 0.6 is 11.3 Å². The van der Waals surface area contributed by atoms with Crippen molar-refractivity contribution in [2.24, 2.45) is 0 Å². The van der Waals surface area contributed by atoms with E-state index in [2.05, 4.69) is 0 Å². The maximum Gasteiger partial charge on any atom is 0.471 e. The highest BCUT2D eigenvalue weighted by Crippen LogP contribution is 2.37. The van der Waals surface area contributed by atoms with E-state index in [9.17, 15) is 32.7 Å². The molecule has 0 aromatic carbocycles. The van der Waals surface area contributed by atoms with Crippen LogP contribution in [0.3, 0.4) is 0 Å². The summed E-state index contributed by atoms with van der Waals surface area (Å²) in [5.41, 5.74) is 0.0354. The SMILES string of the molecule is CC(=O)N1CCc2c(sc(NC(=O)C(F)(F)F)c2C(=O)O)C1. The van der Waals surface area contributed by atoms with Crippen LogP contribution in [-0.2, 0) is 22.6 Å². The molecule has 0 radical (unpaired) electrons. The van der Waals surface area contributed by atoms with Crippen molar-refractivity contribution in [3.05, 3.63) is 16.0 Å². The second kappa shape index (κ2) is 5.59. The van der Waals surface area contributed by atoms with Crippen LogP contribution < -0.4 is 5.32 Å². The van der Waals surface area contributed by atoms with Gasteiger partial charge >= 0.3 is 18.1 Å². The van der Waals surface area contributed by atoms with Crippen molar-refractivity contribution >= 4 is 34.1 Å². The molecule has 10 heteroatoms. The molecule has 2 amide bonds. The molecule has 0 atom stereocenters. The van der Waals surface area contributed by atoms with Crippen LogP contribution in [0.15, 0.2) is 0 Å². The minimum atomic E-state index is -5.11. The number of alkyl halides is 3. The number of fused-ring (bicyclic) bond motifs is 1. The summed E-state index contributed by atoms with van der Waals surface area (Å²) in [6, 6.07) is 0. The standard InChI is InChI=1S/C12H11F3N2O4S/c1-5(18)17-3-2-6-7(4-17)22-9(8(6)10(19)20)16-11(21)12(13,14)15/h2-4H2,1H3,(H,16,21)(H,19,20). The molecule has 0 fully saturated rings. The Morgan fingerprint density at radius 2 is 1.95 bits per heavy atom. The van der Waals surface area contributed by atoms with E-state index in [4.69, 9.17) is 0 Å². The summed E-state index contributed by atoms with van der Waals surface area (Å²) in [6.45, 7) is 1.76. The fourth-order valence-electron chi connectivity index (χ4n) is 2.16. The fourth-order valence-corrected chi connectivity index (χ4v) is 3.41. The zero-order valence-corrected chi connectivity index (χ0v) is 12.1. The van der Waals surface area contributed by atoms with Gasteiger partial charge in [0.15, 0.2) is 0 Å². The average molecular weight is 336 g/mol. The molecule has 2 rings (SSSR count). The van der Waals surface area contributed by atoms with E-state index >= 15 is 0 Å². The van der Waals surface area contributed by atoms with Gasteiger partial charge in [0.05, 0.1) is 12.1 Å². The Morgan fingerprint density at radius 1 is 1.32 bits per heavy atom. The fraction of sp³-hybridized carbons (Fsp3) is 0.417. The third-order valence-corrected chi connectivity index (χ3v) is 4.33. The Kier molecular flexibility index (Phi) is 4.14. The number of carboxylic acid groups (broad SMARTS) is 1. The first-order valence-corrected chi connectivity index (χ1v) is 6.94. The second-order valence-corrected chi connectivity index (χ2v) is 5.76. The number of carbonyl (C=O) groups is 3. The minimum absolute atomic E-state index is 0.123. The zero-order valence-electron chi connectivity index (χ0n) is 11.3. The molecule has 0 aliphatic carbocycles. The molecule has 6 nitrogen and oxygen atoms in total. The maximum atomic E-state index is 12.3. The van der Waals surface area contributed by atoms with Crippen LogP contribution in [0.1, 0.15) is 27.7 Å². The van der Waals surface area contributed by atoms with Crippen molar-refractivity contribution in [1.82, 2.24) is 4.90 Å². The van der Waals surface area contributed by atoms with Crippen molar-refractivity contribution in [1.29, 1.82) is 0 Å². The Bertz CT molecular complexity index is 654. The van der Waals surface area contributed by atoms with Gasteiger partial charge in [-0.3, -0.25) is 9.59 Å². The molecule has 1 aliphatic heterocycles. The van der Waals surface area contributed by atoms with E-state index in [0.29, 0.717) is 10.4 Å². The molecule has 1 aromatic rings. The predicted molar refractivity (Wildman–Crippen MR) is 70.8 cm³/mol. The Morgan fingerprint density at radius 3 is 2.45 bits per heavy atom. The third-order valence-electron chi connectivity index (χ3n) is 3.20. The summed E-state index contributed by atoms with van der Waals surface area (Å²) in [4.78, 5) is 35.6. The van der Waals surface area contributed by atoms with E-state index in [-0.39, 0.29) is 36.0 Å². The molecule has 0 bridgehead atoms. The van der Waals surface area contributed by atoms with Gasteiger partial charge < -0.3 is 15.3 Å². The van der Waals surface area contributed by atoms with Crippen LogP contribution in [0.5, 0.6) is 0 Å². The molecule has 0 saturated carbocycles. The number of thiophene rings is 1. The highest BCUT2D eigenvalue weighted by molar-refractivity contribution is 7.17. The smallest absolute Gasteiger partial charge is 0.471 e. The molecule has 0 saturated heterocycles. The molecule has 120 valence electrons. The number of nitrogens with one attached hydrogen (secondary N) is 1. The van der Waals surface area contributed by atoms with E-state index in [0.717, 1.165) is 11.3 Å². The number of halogens is 3. The molecule has 2 heterocycles. The summed E-state index contributed by atoms with van der Waals surface area (Å²) in [6.07, 6.45) is -4.89. The number of hydrogen-bond acceptors (Lipinski definition) is 4. The average Bonchev–Trinajstić information content (AvgIpc) is 2.74. The lowest BCUT2D eigenvalue weighted by Gasteiger charge is -2.25. The number of carboxylic acids is 1. The molecule has 22 heavy (non-hydrogen) atoms. The van der Waals surface area contributed by atoms with Crippen molar-refractivity contribution < 1.29 is 32.7 Å². The highest BCUT2D eigenvalue weighted by atomic mass is 32.1. The summed E-state index contributed by atoms with van der Waals surface area (Å²) >= 11 is 0.749. The Hall–Kier alpha value is -2.10. The van der Waals surface area contributed by atoms with Crippen LogP contribution in [0, 0.1) is 0 Å². The van der Waals surface area contributed by atoms with Gasteiger partial charge in [-0.15, -0.1) is 11.3 Å². The summed E-state index contributed by atoms with van der Waals surface area (Å²) in [5.74, 6) is -3.85. The highest BCUT2D eigenvalue weighted by Gasteiger charge is 2.40. The van der Waals surface area contributed by atoms with Gasteiger partial charge in [-0.1, -0.05) is 0 Å². The number of carbonyl (C=O) groups excluding carboxylic acids is 2. The molecular formula is C12H11F3N2O4S. The molecule has 0 unspecified atom stereocenters. The van der Waals surface area contributed by atoms with Crippen LogP contribution in [-0.4, -0.2) is 40.5 Å². The number of rotatable bonds is 2. The molecular weight excluding hydrogens is 325 g/mol. The van der Waals surface area contributed by atoms with Gasteiger partial charge in [-0.2, -0.15) is 13.2 Å². The predicted octanol–water partition coefficient (Wildman–Crippen LogP) is 1.85. The van der Waals surface area contributed by atoms with Crippen molar-refractivity contribution in [2.45, 2.75) is 26.1 Å². The van der Waals surface area contributed by atoms with E-state index in [1.54, 1.807) is 5.32 Å². The van der Waals surface area contributed by atoms with Gasteiger partial charge in [0.1, 0.15) is 5.00 Å². The summed E-state index contributed by atoms with van der Waals surface area (Å²) in [7, 11) is 0. The van der Waals surface area contributed by atoms with Gasteiger partial charge in [0.25, 0.3) is 0 Å². The number of anilines is 1. The van der Waals surface area contributed by atoms with Gasteiger partial charge in [-0.05, 0) is 12.0 Å². The number of hydrogen-bond donors (Lipinski definition) is 2. The number of aromatic carboxylic acids is 1. The van der Waals surface area contributed by atoms with Gasteiger partial charge in [-0.25, -0.2) is 4.79 Å². The summed E-state index contributed by atoms with van der Waals surface area (Å²) < 4.78 is 36.9. The molecule has 0 spiro atoms. The third kappa shape index (κ3) is 3.06. The van der Waals surface area contributed by atoms with E-state index < -0.39 is 18.1 Å². The first-order chi connectivity index (χ1) is 10.1. The molecule has 2 N–H and O–H groups in total. The lowest BCUT2D eigenvalue weighted by atomic mass is 10.0. The van der Waals surface area contributed by atoms with Gasteiger partial charge in [0.2, 0.25) is 5.91 Å². The van der Waals surface area contributed by atoms with Crippen molar-refractivity contribution in [2.75, 3.05) is 11.9 Å². The van der Waals surface area contributed by atoms with E-state index in [1.165, 1.54) is 11.8 Å². The zero-order chi connectivity index (χ0) is 16.7. The molecule has 1 aromatic heterocycles. The lowest BCUT2D eigenvalue weighted by Crippen LogP contribution is -2.34. The topological polar surface area (TPSA) is 86.7 Å². The van der Waals surface area contributed by atoms with Crippen molar-refractivity contribution in [3.8, 4) is 0 Å². The van der Waals surface area contributed by atoms with Crippen molar-refractivity contribution in [3.63, 3.8) is 0 Å². The Balaban J connectivity index is 2.38. The minimum Gasteiger partial charge on any atom is -0.478 e. The van der Waals surface area contributed by atoms with Crippen LogP contribution in [0.25, 0.3) is 0 Å². The van der Waals surface area contributed by atoms with Crippen LogP contribution in [0.4, 0.5) is 18.2 Å². The maximum absolute atomic E-state index is 12.3. The number of nitrogens with zero attached hydrogens (tertiary/aromatic N) is 1. The molecule has 1 aliphatic rings. The number of amides is 2. The largest absolute Gasteiger partial charge is 0.478 e. The lowest BCUT2D eigenvalue weighted by molar-refractivity contribution is -0.167. The first kappa shape index (κ1) is 16.3. The first-order valence-electron chi connectivity index (χ1n) is 6.12. The normalized spacial score (nSPS) is 14.5.